The number of aliphatic hydroxyl groups excluding tert-OH is 2. The van der Waals surface area contributed by atoms with Gasteiger partial charge in [-0.1, -0.05) is 12.9 Å². The van der Waals surface area contributed by atoms with Gasteiger partial charge in [-0.05, 0) is 0 Å². The molecule has 0 amide bonds. The molecule has 7 nitrogen and oxygen atoms in total. The van der Waals surface area contributed by atoms with Crippen molar-refractivity contribution in [2.75, 3.05) is 0 Å². The van der Waals surface area contributed by atoms with Crippen LogP contribution in [-0.4, -0.2) is 77.3 Å². The van der Waals surface area contributed by atoms with Gasteiger partial charge < -0.3 is 30.0 Å². The summed E-state index contributed by atoms with van der Waals surface area (Å²) in [7, 11) is 0. The van der Waals surface area contributed by atoms with Gasteiger partial charge in [0.2, 0.25) is 0 Å². The maximum atomic E-state index is 8.56. The van der Waals surface area contributed by atoms with E-state index in [1.54, 1.807) is 0 Å². The van der Waals surface area contributed by atoms with Gasteiger partial charge in [0.15, 0.2) is 0 Å². The summed E-state index contributed by atoms with van der Waals surface area (Å²) >= 11 is 0. The van der Waals surface area contributed by atoms with Crippen LogP contribution in [0.5, 0.6) is 0 Å². The normalized spacial score (nSPS) is 4.36. The molecule has 0 aliphatic carbocycles. The SMILES string of the molecule is O=C(O)O.O=[C-]O.O=[C-]O.[Ca+2]. The molecular weight excluding hydrogens is 188 g/mol. The molecule has 0 saturated heterocycles. The molecule has 0 aromatic rings. The second-order valence-electron chi connectivity index (χ2n) is 0.465. The van der Waals surface area contributed by atoms with Gasteiger partial charge in [-0.15, -0.1) is 0 Å². The molecule has 0 spiro atoms. The van der Waals surface area contributed by atoms with Crippen molar-refractivity contribution in [2.24, 2.45) is 0 Å². The van der Waals surface area contributed by atoms with E-state index < -0.39 is 6.16 Å². The molecule has 0 radical (unpaired) electrons. The van der Waals surface area contributed by atoms with Gasteiger partial charge in [-0.3, -0.25) is 0 Å². The van der Waals surface area contributed by atoms with Crippen molar-refractivity contribution in [3.63, 3.8) is 0 Å². The van der Waals surface area contributed by atoms with Crippen LogP contribution in [0, 0.1) is 0 Å². The van der Waals surface area contributed by atoms with E-state index in [0.29, 0.717) is 12.9 Å². The van der Waals surface area contributed by atoms with Gasteiger partial charge in [0.1, 0.15) is 0 Å². The van der Waals surface area contributed by atoms with E-state index in [1.807, 2.05) is 0 Å². The Bertz CT molecular complexity index is 81.7. The maximum Gasteiger partial charge on any atom is 2.00 e. The Morgan fingerprint density at radius 1 is 1.00 bits per heavy atom. The fourth-order valence-corrected chi connectivity index (χ4v) is 0. The average Bonchev–Trinajstić information content (AvgIpc) is 1.65. The first-order chi connectivity index (χ1) is 4.56. The van der Waals surface area contributed by atoms with E-state index in [-0.39, 0.29) is 37.7 Å². The molecule has 0 aliphatic rings. The molecule has 11 heavy (non-hydrogen) atoms. The zero-order valence-corrected chi connectivity index (χ0v) is 7.43. The van der Waals surface area contributed by atoms with Crippen LogP contribution in [0.25, 0.3) is 0 Å². The van der Waals surface area contributed by atoms with Gasteiger partial charge in [0.25, 0.3) is 0 Å². The molecule has 0 aromatic carbocycles. The first-order valence-corrected chi connectivity index (χ1v) is 1.51. The molecule has 0 rings (SSSR count). The predicted molar refractivity (Wildman–Crippen MR) is 33.1 cm³/mol. The van der Waals surface area contributed by atoms with Crippen LogP contribution in [-0.2, 0) is 9.59 Å². The summed E-state index contributed by atoms with van der Waals surface area (Å²) in [6, 6.07) is 0. The third kappa shape index (κ3) is 1880. The predicted octanol–water partition coefficient (Wildman–Crippen LogP) is -0.935. The first kappa shape index (κ1) is 22.4. The Labute approximate surface area is 91.3 Å². The van der Waals surface area contributed by atoms with Crippen LogP contribution in [0.3, 0.4) is 0 Å². The molecule has 0 fully saturated rings. The van der Waals surface area contributed by atoms with Gasteiger partial charge in [0, 0.05) is 0 Å². The molecule has 0 unspecified atom stereocenters. The fraction of sp³-hybridized carbons (Fsp3) is 0. The summed E-state index contributed by atoms with van der Waals surface area (Å²) in [4.78, 5) is 25.0. The smallest absolute Gasteiger partial charge is 0.665 e. The number of hydrogen-bond donors (Lipinski definition) is 4. The second kappa shape index (κ2) is 34.0. The molecular formula is C3H4CaO7. The molecule has 60 valence electrons. The summed E-state index contributed by atoms with van der Waals surface area (Å²) in [5.41, 5.74) is 0. The summed E-state index contributed by atoms with van der Waals surface area (Å²) < 4.78 is 0. The zero-order chi connectivity index (χ0) is 8.99. The molecule has 0 heterocycles. The Morgan fingerprint density at radius 2 is 1.00 bits per heavy atom. The molecule has 8 heteroatoms. The standard InChI is InChI=1S/CH2O3.2CHO2.Ca/c2-1(3)4;2*2-1-3;/h(H2,2,3,4);2*(H,2,3);/q;2*-1;+2. The van der Waals surface area contributed by atoms with Crippen LogP contribution in [0.4, 0.5) is 4.79 Å². The maximum absolute atomic E-state index is 8.56. The van der Waals surface area contributed by atoms with Crippen LogP contribution >= 0.6 is 0 Å². The zero-order valence-electron chi connectivity index (χ0n) is 5.22. The first-order valence-electron chi connectivity index (χ1n) is 1.51. The van der Waals surface area contributed by atoms with E-state index in [2.05, 4.69) is 0 Å². The topological polar surface area (TPSA) is 132 Å². The fourth-order valence-electron chi connectivity index (χ4n) is 0. The van der Waals surface area contributed by atoms with Gasteiger partial charge in [0.05, 0.1) is 0 Å². The molecule has 0 aliphatic heterocycles. The van der Waals surface area contributed by atoms with Gasteiger partial charge in [-0.25, -0.2) is 4.79 Å². The van der Waals surface area contributed by atoms with Crippen LogP contribution in [0.2, 0.25) is 0 Å². The summed E-state index contributed by atoms with van der Waals surface area (Å²) in [5.74, 6) is 0. The minimum Gasteiger partial charge on any atom is -0.665 e. The van der Waals surface area contributed by atoms with Crippen LogP contribution in [0.15, 0.2) is 0 Å². The number of rotatable bonds is 0. The van der Waals surface area contributed by atoms with E-state index in [4.69, 9.17) is 34.8 Å². The Morgan fingerprint density at radius 3 is 1.00 bits per heavy atom. The number of hydrogen-bond acceptors (Lipinski definition) is 3. The number of carbonyl (C=O) groups is 1. The minimum absolute atomic E-state index is 0. The van der Waals surface area contributed by atoms with Crippen molar-refractivity contribution in [1.29, 1.82) is 0 Å². The van der Waals surface area contributed by atoms with Crippen LogP contribution in [0.1, 0.15) is 0 Å². The molecule has 0 bridgehead atoms. The van der Waals surface area contributed by atoms with E-state index in [1.165, 1.54) is 0 Å². The quantitative estimate of drug-likeness (QED) is 0.287. The monoisotopic (exact) mass is 192 g/mol. The summed E-state index contributed by atoms with van der Waals surface area (Å²) in [6.45, 7) is 1.00. The van der Waals surface area contributed by atoms with Crippen molar-refractivity contribution in [1.82, 2.24) is 0 Å². The van der Waals surface area contributed by atoms with Crippen molar-refractivity contribution in [2.45, 2.75) is 0 Å². The number of carboxylic acid groups (broad SMARTS) is 2. The minimum atomic E-state index is -1.83. The summed E-state index contributed by atoms with van der Waals surface area (Å²) in [6.07, 6.45) is -1.83. The van der Waals surface area contributed by atoms with Crippen molar-refractivity contribution >= 4 is 56.8 Å². The molecule has 0 aromatic heterocycles. The second-order valence-corrected chi connectivity index (χ2v) is 0.465. The average molecular weight is 192 g/mol. The van der Waals surface area contributed by atoms with Gasteiger partial charge >= 0.3 is 43.9 Å². The van der Waals surface area contributed by atoms with Crippen molar-refractivity contribution in [3.8, 4) is 0 Å². The Balaban J connectivity index is -0.0000000325. The third-order valence-corrected chi connectivity index (χ3v) is 0. The van der Waals surface area contributed by atoms with E-state index in [0.717, 1.165) is 0 Å². The Hall–Kier alpha value is -0.530. The van der Waals surface area contributed by atoms with Crippen molar-refractivity contribution < 1.29 is 34.8 Å². The molecule has 4 N–H and O–H groups in total. The third-order valence-electron chi connectivity index (χ3n) is 0. The van der Waals surface area contributed by atoms with Crippen LogP contribution < -0.4 is 0 Å². The van der Waals surface area contributed by atoms with Crippen molar-refractivity contribution in [3.05, 3.63) is 0 Å². The largest absolute Gasteiger partial charge is 2.00 e. The van der Waals surface area contributed by atoms with E-state index in [9.17, 15) is 0 Å². The molecule has 0 atom stereocenters. The van der Waals surface area contributed by atoms with E-state index >= 15 is 0 Å². The summed E-state index contributed by atoms with van der Waals surface area (Å²) in [5, 5.41) is 27.5. The Kier molecular flexibility index (Phi) is 69.3. The molecule has 0 saturated carbocycles. The van der Waals surface area contributed by atoms with Gasteiger partial charge in [-0.2, -0.15) is 0 Å².